The summed E-state index contributed by atoms with van der Waals surface area (Å²) in [5, 5.41) is 13.2. The lowest BCUT2D eigenvalue weighted by Crippen LogP contribution is -2.34. The highest BCUT2D eigenvalue weighted by molar-refractivity contribution is 5.96. The molecular formula is C18H23N3O6. The van der Waals surface area contributed by atoms with E-state index in [9.17, 15) is 14.4 Å². The number of nitrogens with zero attached hydrogens (tertiary/aromatic N) is 1. The topological polar surface area (TPSA) is 127 Å². The number of ether oxygens (including phenoxy) is 3. The number of nitrogens with one attached hydrogen (secondary N) is 2. The number of esters is 1. The third kappa shape index (κ3) is 8.09. The molecule has 0 spiro atoms. The molecule has 0 unspecified atom stereocenters. The molecule has 0 aromatic heterocycles. The molecule has 9 nitrogen and oxygen atoms in total. The number of rotatable bonds is 11. The second-order valence-corrected chi connectivity index (χ2v) is 5.13. The van der Waals surface area contributed by atoms with Gasteiger partial charge in [-0.1, -0.05) is 0 Å². The van der Waals surface area contributed by atoms with Crippen LogP contribution in [0.3, 0.4) is 0 Å². The summed E-state index contributed by atoms with van der Waals surface area (Å²) in [7, 11) is 0. The predicted molar refractivity (Wildman–Crippen MR) is 95.3 cm³/mol. The number of carbonyl (C=O) groups excluding carboxylic acids is 3. The Morgan fingerprint density at radius 3 is 2.44 bits per heavy atom. The van der Waals surface area contributed by atoms with Crippen molar-refractivity contribution in [3.63, 3.8) is 0 Å². The predicted octanol–water partition coefficient (Wildman–Crippen LogP) is 0.787. The Bertz CT molecular complexity index is 699. The van der Waals surface area contributed by atoms with Gasteiger partial charge >= 0.3 is 5.97 Å². The number of hydrogen-bond acceptors (Lipinski definition) is 7. The maximum atomic E-state index is 12.2. The summed E-state index contributed by atoms with van der Waals surface area (Å²) in [5.41, 5.74) is 0.295. The Labute approximate surface area is 157 Å². The van der Waals surface area contributed by atoms with Crippen molar-refractivity contribution in [3.05, 3.63) is 23.8 Å². The van der Waals surface area contributed by atoms with Gasteiger partial charge in [-0.2, -0.15) is 5.26 Å². The van der Waals surface area contributed by atoms with Gasteiger partial charge in [0.1, 0.15) is 6.54 Å². The van der Waals surface area contributed by atoms with Crippen LogP contribution in [-0.4, -0.2) is 50.7 Å². The van der Waals surface area contributed by atoms with Crippen LogP contribution in [0.25, 0.3) is 0 Å². The second-order valence-electron chi connectivity index (χ2n) is 5.13. The fraction of sp³-hybridized carbons (Fsp3) is 0.444. The number of benzene rings is 1. The summed E-state index contributed by atoms with van der Waals surface area (Å²) in [6.45, 7) is 3.85. The van der Waals surface area contributed by atoms with Gasteiger partial charge in [-0.3, -0.25) is 14.4 Å². The Hall–Kier alpha value is -3.28. The van der Waals surface area contributed by atoms with E-state index in [1.165, 1.54) is 6.07 Å². The molecule has 1 rings (SSSR count). The maximum Gasteiger partial charge on any atom is 0.325 e. The first-order chi connectivity index (χ1) is 13.0. The van der Waals surface area contributed by atoms with Gasteiger partial charge < -0.3 is 24.8 Å². The van der Waals surface area contributed by atoms with E-state index in [-0.39, 0.29) is 19.5 Å². The SMILES string of the molecule is CCOc1ccc(C(=O)NCC(=O)OCC(=O)NCCC#N)cc1OCC. The fourth-order valence-electron chi connectivity index (χ4n) is 1.95. The first kappa shape index (κ1) is 21.8. The molecule has 0 aliphatic heterocycles. The molecule has 0 saturated heterocycles. The van der Waals surface area contributed by atoms with Gasteiger partial charge in [-0.25, -0.2) is 0 Å². The Balaban J connectivity index is 2.49. The summed E-state index contributed by atoms with van der Waals surface area (Å²) in [5.74, 6) is -0.802. The zero-order chi connectivity index (χ0) is 20.1. The van der Waals surface area contributed by atoms with Crippen LogP contribution in [0.15, 0.2) is 18.2 Å². The lowest BCUT2D eigenvalue weighted by molar-refractivity contribution is -0.147. The van der Waals surface area contributed by atoms with Gasteiger partial charge in [0.05, 0.1) is 25.7 Å². The first-order valence-electron chi connectivity index (χ1n) is 8.48. The number of hydrogen-bond donors (Lipinski definition) is 2. The highest BCUT2D eigenvalue weighted by Gasteiger charge is 2.13. The molecule has 146 valence electrons. The minimum absolute atomic E-state index is 0.168. The molecule has 0 atom stereocenters. The van der Waals surface area contributed by atoms with Crippen molar-refractivity contribution >= 4 is 17.8 Å². The molecule has 0 bridgehead atoms. The molecule has 0 aliphatic rings. The molecule has 0 radical (unpaired) electrons. The van der Waals surface area contributed by atoms with Crippen LogP contribution in [0.4, 0.5) is 0 Å². The number of nitriles is 1. The summed E-state index contributed by atoms with van der Waals surface area (Å²) < 4.78 is 15.6. The lowest BCUT2D eigenvalue weighted by Gasteiger charge is -2.12. The summed E-state index contributed by atoms with van der Waals surface area (Å²) >= 11 is 0. The molecule has 0 fully saturated rings. The van der Waals surface area contributed by atoms with Crippen molar-refractivity contribution in [1.82, 2.24) is 10.6 Å². The van der Waals surface area contributed by atoms with Crippen LogP contribution in [0.2, 0.25) is 0 Å². The number of amides is 2. The molecule has 0 heterocycles. The van der Waals surface area contributed by atoms with Crippen molar-refractivity contribution in [3.8, 4) is 17.6 Å². The van der Waals surface area contributed by atoms with Crippen LogP contribution in [0, 0.1) is 11.3 Å². The van der Waals surface area contributed by atoms with E-state index in [2.05, 4.69) is 10.6 Å². The molecule has 27 heavy (non-hydrogen) atoms. The maximum absolute atomic E-state index is 12.2. The van der Waals surface area contributed by atoms with E-state index in [0.717, 1.165) is 0 Å². The van der Waals surface area contributed by atoms with Gasteiger partial charge in [-0.05, 0) is 32.0 Å². The van der Waals surface area contributed by atoms with Gasteiger partial charge in [-0.15, -0.1) is 0 Å². The Morgan fingerprint density at radius 2 is 1.78 bits per heavy atom. The highest BCUT2D eigenvalue weighted by atomic mass is 16.5. The third-order valence-corrected chi connectivity index (χ3v) is 3.12. The molecule has 0 saturated carbocycles. The average Bonchev–Trinajstić information content (AvgIpc) is 2.66. The summed E-state index contributed by atoms with van der Waals surface area (Å²) in [6.07, 6.45) is 0.168. The molecule has 1 aromatic rings. The van der Waals surface area contributed by atoms with E-state index in [1.807, 2.05) is 19.9 Å². The smallest absolute Gasteiger partial charge is 0.325 e. The third-order valence-electron chi connectivity index (χ3n) is 3.12. The highest BCUT2D eigenvalue weighted by Crippen LogP contribution is 2.28. The van der Waals surface area contributed by atoms with E-state index in [0.29, 0.717) is 30.3 Å². The normalized spacial score (nSPS) is 9.67. The molecule has 1 aromatic carbocycles. The van der Waals surface area contributed by atoms with Crippen molar-refractivity contribution in [2.45, 2.75) is 20.3 Å². The van der Waals surface area contributed by atoms with E-state index in [4.69, 9.17) is 19.5 Å². The quantitative estimate of drug-likeness (QED) is 0.431. The van der Waals surface area contributed by atoms with Crippen molar-refractivity contribution < 1.29 is 28.6 Å². The number of carbonyl (C=O) groups is 3. The van der Waals surface area contributed by atoms with Crippen molar-refractivity contribution in [1.29, 1.82) is 5.26 Å². The second kappa shape index (κ2) is 12.1. The van der Waals surface area contributed by atoms with Crippen molar-refractivity contribution in [2.75, 3.05) is 32.9 Å². The van der Waals surface area contributed by atoms with Gasteiger partial charge in [0, 0.05) is 12.1 Å². The van der Waals surface area contributed by atoms with E-state index >= 15 is 0 Å². The largest absolute Gasteiger partial charge is 0.490 e. The fourth-order valence-corrected chi connectivity index (χ4v) is 1.95. The average molecular weight is 377 g/mol. The monoisotopic (exact) mass is 377 g/mol. The van der Waals surface area contributed by atoms with Crippen LogP contribution in [-0.2, 0) is 14.3 Å². The zero-order valence-electron chi connectivity index (χ0n) is 15.4. The van der Waals surface area contributed by atoms with Crippen LogP contribution < -0.4 is 20.1 Å². The van der Waals surface area contributed by atoms with Gasteiger partial charge in [0.2, 0.25) is 0 Å². The van der Waals surface area contributed by atoms with Crippen LogP contribution in [0.5, 0.6) is 11.5 Å². The first-order valence-corrected chi connectivity index (χ1v) is 8.48. The molecule has 2 amide bonds. The van der Waals surface area contributed by atoms with E-state index in [1.54, 1.807) is 12.1 Å². The zero-order valence-corrected chi connectivity index (χ0v) is 15.4. The van der Waals surface area contributed by atoms with Crippen molar-refractivity contribution in [2.24, 2.45) is 0 Å². The summed E-state index contributed by atoms with van der Waals surface area (Å²) in [4.78, 5) is 35.1. The summed E-state index contributed by atoms with van der Waals surface area (Å²) in [6, 6.07) is 6.57. The van der Waals surface area contributed by atoms with Crippen LogP contribution in [0.1, 0.15) is 30.6 Å². The Morgan fingerprint density at radius 1 is 1.07 bits per heavy atom. The van der Waals surface area contributed by atoms with E-state index < -0.39 is 24.4 Å². The standard InChI is InChI=1S/C18H23N3O6/c1-3-25-14-7-6-13(10-15(14)26-4-2)18(24)21-11-17(23)27-12-16(22)20-9-5-8-19/h6-7,10H,3-5,9,11-12H2,1-2H3,(H,20,22)(H,21,24). The molecule has 0 aliphatic carbocycles. The Kier molecular flexibility index (Phi) is 9.78. The lowest BCUT2D eigenvalue weighted by atomic mass is 10.2. The minimum atomic E-state index is -0.755. The molecule has 2 N–H and O–H groups in total. The minimum Gasteiger partial charge on any atom is -0.490 e. The van der Waals surface area contributed by atoms with Gasteiger partial charge in [0.15, 0.2) is 18.1 Å². The van der Waals surface area contributed by atoms with Gasteiger partial charge in [0.25, 0.3) is 11.8 Å². The van der Waals surface area contributed by atoms with Crippen LogP contribution >= 0.6 is 0 Å². The molecular weight excluding hydrogens is 354 g/mol. The molecule has 9 heteroatoms.